The van der Waals surface area contributed by atoms with Gasteiger partial charge < -0.3 is 20.7 Å². The highest BCUT2D eigenvalue weighted by Gasteiger charge is 2.19. The third kappa shape index (κ3) is 4.97. The minimum absolute atomic E-state index is 0.0396. The van der Waals surface area contributed by atoms with Crippen molar-refractivity contribution in [2.45, 2.75) is 26.3 Å². The van der Waals surface area contributed by atoms with Crippen molar-refractivity contribution >= 4 is 11.7 Å². The van der Waals surface area contributed by atoms with Crippen LogP contribution in [0, 0.1) is 0 Å². The van der Waals surface area contributed by atoms with Gasteiger partial charge in [0.25, 0.3) is 0 Å². The van der Waals surface area contributed by atoms with E-state index in [2.05, 4.69) is 5.16 Å². The van der Waals surface area contributed by atoms with Crippen molar-refractivity contribution in [2.75, 3.05) is 27.2 Å². The van der Waals surface area contributed by atoms with E-state index in [4.69, 9.17) is 10.9 Å². The van der Waals surface area contributed by atoms with Gasteiger partial charge in [-0.15, -0.1) is 0 Å². The Labute approximate surface area is 96.7 Å². The molecule has 3 N–H and O–H groups in total. The van der Waals surface area contributed by atoms with E-state index in [-0.39, 0.29) is 24.2 Å². The third-order valence-electron chi connectivity index (χ3n) is 2.28. The lowest BCUT2D eigenvalue weighted by Gasteiger charge is -2.30. The van der Waals surface area contributed by atoms with Crippen molar-refractivity contribution in [3.63, 3.8) is 0 Å². The van der Waals surface area contributed by atoms with Crippen LogP contribution < -0.4 is 5.73 Å². The molecule has 0 aromatic carbocycles. The standard InChI is InChI=1S/C10H22N4O2/c1-5-14(8(2)7-13(3)4)10(15)6-9(11)12-16/h8,16H,5-7H2,1-4H3,(H2,11,12). The molecule has 0 saturated heterocycles. The van der Waals surface area contributed by atoms with E-state index >= 15 is 0 Å². The average Bonchev–Trinajstić information content (AvgIpc) is 2.17. The Kier molecular flexibility index (Phi) is 6.48. The van der Waals surface area contributed by atoms with Crippen molar-refractivity contribution in [2.24, 2.45) is 10.9 Å². The van der Waals surface area contributed by atoms with E-state index in [1.807, 2.05) is 32.8 Å². The summed E-state index contributed by atoms with van der Waals surface area (Å²) in [5.41, 5.74) is 5.31. The van der Waals surface area contributed by atoms with Gasteiger partial charge in [0.05, 0.1) is 6.42 Å². The van der Waals surface area contributed by atoms with Crippen LogP contribution in [-0.4, -0.2) is 60.0 Å². The molecule has 0 aromatic heterocycles. The van der Waals surface area contributed by atoms with E-state index in [0.29, 0.717) is 6.54 Å². The summed E-state index contributed by atoms with van der Waals surface area (Å²) in [4.78, 5) is 15.5. The maximum absolute atomic E-state index is 11.8. The van der Waals surface area contributed by atoms with Gasteiger partial charge in [0.15, 0.2) is 0 Å². The molecule has 16 heavy (non-hydrogen) atoms. The second-order valence-corrected chi connectivity index (χ2v) is 4.06. The molecule has 0 saturated carbocycles. The van der Waals surface area contributed by atoms with Gasteiger partial charge in [0.2, 0.25) is 5.91 Å². The smallest absolute Gasteiger partial charge is 0.230 e. The number of nitrogens with zero attached hydrogens (tertiary/aromatic N) is 3. The van der Waals surface area contributed by atoms with Crippen LogP contribution in [0.1, 0.15) is 20.3 Å². The normalized spacial score (nSPS) is 13.9. The highest BCUT2D eigenvalue weighted by atomic mass is 16.4. The van der Waals surface area contributed by atoms with Crippen LogP contribution in [0.5, 0.6) is 0 Å². The first-order valence-electron chi connectivity index (χ1n) is 5.32. The zero-order valence-electron chi connectivity index (χ0n) is 10.5. The van der Waals surface area contributed by atoms with Crippen molar-refractivity contribution in [1.82, 2.24) is 9.80 Å². The number of rotatable bonds is 6. The number of amidine groups is 1. The lowest BCUT2D eigenvalue weighted by Crippen LogP contribution is -2.44. The van der Waals surface area contributed by atoms with Gasteiger partial charge in [0, 0.05) is 19.1 Å². The fourth-order valence-corrected chi connectivity index (χ4v) is 1.65. The molecule has 0 heterocycles. The van der Waals surface area contributed by atoms with Crippen LogP contribution in [0.15, 0.2) is 5.16 Å². The molecule has 94 valence electrons. The van der Waals surface area contributed by atoms with Gasteiger partial charge in [-0.1, -0.05) is 5.16 Å². The van der Waals surface area contributed by atoms with Crippen molar-refractivity contribution in [3.8, 4) is 0 Å². The lowest BCUT2D eigenvalue weighted by molar-refractivity contribution is -0.131. The van der Waals surface area contributed by atoms with Gasteiger partial charge in [-0.3, -0.25) is 4.79 Å². The van der Waals surface area contributed by atoms with E-state index < -0.39 is 0 Å². The summed E-state index contributed by atoms with van der Waals surface area (Å²) in [6.07, 6.45) is -0.0396. The second-order valence-electron chi connectivity index (χ2n) is 4.06. The first-order chi connectivity index (χ1) is 7.42. The van der Waals surface area contributed by atoms with Gasteiger partial charge in [-0.2, -0.15) is 0 Å². The van der Waals surface area contributed by atoms with Crippen molar-refractivity contribution in [1.29, 1.82) is 0 Å². The molecule has 0 aromatic rings. The van der Waals surface area contributed by atoms with E-state index in [1.54, 1.807) is 4.90 Å². The van der Waals surface area contributed by atoms with Gasteiger partial charge >= 0.3 is 0 Å². The predicted octanol–water partition coefficient (Wildman–Crippen LogP) is -0.0785. The number of nitrogens with two attached hydrogens (primary N) is 1. The number of carbonyl (C=O) groups excluding carboxylic acids is 1. The first-order valence-corrected chi connectivity index (χ1v) is 5.32. The highest BCUT2D eigenvalue weighted by molar-refractivity contribution is 5.98. The van der Waals surface area contributed by atoms with Gasteiger partial charge in [-0.05, 0) is 27.9 Å². The maximum Gasteiger partial charge on any atom is 0.230 e. The minimum Gasteiger partial charge on any atom is -0.409 e. The molecule has 0 aliphatic carbocycles. The molecule has 0 aliphatic heterocycles. The topological polar surface area (TPSA) is 82.2 Å². The summed E-state index contributed by atoms with van der Waals surface area (Å²) in [5.74, 6) is -0.173. The summed E-state index contributed by atoms with van der Waals surface area (Å²) in [7, 11) is 3.91. The molecule has 0 fully saturated rings. The molecule has 0 aliphatic rings. The maximum atomic E-state index is 11.8. The predicted molar refractivity (Wildman–Crippen MR) is 63.4 cm³/mol. The molecule has 6 nitrogen and oxygen atoms in total. The zero-order valence-corrected chi connectivity index (χ0v) is 10.5. The Hall–Kier alpha value is -1.30. The molecule has 0 spiro atoms. The number of amides is 1. The Morgan fingerprint density at radius 1 is 1.50 bits per heavy atom. The number of carbonyl (C=O) groups is 1. The van der Waals surface area contributed by atoms with Crippen LogP contribution in [-0.2, 0) is 4.79 Å². The monoisotopic (exact) mass is 230 g/mol. The van der Waals surface area contributed by atoms with E-state index in [0.717, 1.165) is 6.54 Å². The summed E-state index contributed by atoms with van der Waals surface area (Å²) >= 11 is 0. The van der Waals surface area contributed by atoms with E-state index in [1.165, 1.54) is 0 Å². The van der Waals surface area contributed by atoms with Crippen LogP contribution in [0.4, 0.5) is 0 Å². The fourth-order valence-electron chi connectivity index (χ4n) is 1.65. The third-order valence-corrected chi connectivity index (χ3v) is 2.28. The van der Waals surface area contributed by atoms with Crippen LogP contribution >= 0.6 is 0 Å². The summed E-state index contributed by atoms with van der Waals surface area (Å²) in [6.45, 7) is 5.30. The Morgan fingerprint density at radius 3 is 2.44 bits per heavy atom. The Morgan fingerprint density at radius 2 is 2.06 bits per heavy atom. The largest absolute Gasteiger partial charge is 0.409 e. The SMILES string of the molecule is CCN(C(=O)CC(N)=NO)C(C)CN(C)C. The molecule has 6 heteroatoms. The molecule has 1 atom stereocenters. The molecule has 1 amide bonds. The number of likely N-dealkylation sites (N-methyl/N-ethyl adjacent to an activating group) is 2. The Balaban J connectivity index is 4.42. The minimum atomic E-state index is -0.118. The molecule has 1 unspecified atom stereocenters. The fraction of sp³-hybridized carbons (Fsp3) is 0.800. The summed E-state index contributed by atoms with van der Waals surface area (Å²) in [6, 6.07) is 0.110. The highest BCUT2D eigenvalue weighted by Crippen LogP contribution is 2.03. The number of oxime groups is 1. The van der Waals surface area contributed by atoms with Crippen molar-refractivity contribution < 1.29 is 10.0 Å². The molecule has 0 radical (unpaired) electrons. The molecule has 0 bridgehead atoms. The lowest BCUT2D eigenvalue weighted by atomic mass is 10.2. The summed E-state index contributed by atoms with van der Waals surface area (Å²) in [5, 5.41) is 11.2. The second kappa shape index (κ2) is 7.05. The van der Waals surface area contributed by atoms with Crippen LogP contribution in [0.3, 0.4) is 0 Å². The van der Waals surface area contributed by atoms with Gasteiger partial charge in [0.1, 0.15) is 5.84 Å². The van der Waals surface area contributed by atoms with E-state index in [9.17, 15) is 4.79 Å². The summed E-state index contributed by atoms with van der Waals surface area (Å²) < 4.78 is 0. The number of hydrogen-bond donors (Lipinski definition) is 2. The first kappa shape index (κ1) is 14.7. The zero-order chi connectivity index (χ0) is 12.7. The number of hydrogen-bond acceptors (Lipinski definition) is 4. The van der Waals surface area contributed by atoms with Crippen molar-refractivity contribution in [3.05, 3.63) is 0 Å². The Bertz CT molecular complexity index is 253. The van der Waals surface area contributed by atoms with Gasteiger partial charge in [-0.25, -0.2) is 0 Å². The molecular weight excluding hydrogens is 208 g/mol. The average molecular weight is 230 g/mol. The molecule has 0 rings (SSSR count). The quantitative estimate of drug-likeness (QED) is 0.289. The van der Waals surface area contributed by atoms with Crippen LogP contribution in [0.2, 0.25) is 0 Å². The molecular formula is C10H22N4O2. The van der Waals surface area contributed by atoms with Crippen LogP contribution in [0.25, 0.3) is 0 Å².